The third-order valence-corrected chi connectivity index (χ3v) is 6.69. The molecule has 1 unspecified atom stereocenters. The predicted molar refractivity (Wildman–Crippen MR) is 147 cm³/mol. The van der Waals surface area contributed by atoms with Crippen LogP contribution in [-0.2, 0) is 35.9 Å². The number of nitrogens with one attached hydrogen (secondary N) is 1. The van der Waals surface area contributed by atoms with Gasteiger partial charge in [-0.3, -0.25) is 4.79 Å². The van der Waals surface area contributed by atoms with Crippen molar-refractivity contribution in [3.63, 3.8) is 0 Å². The summed E-state index contributed by atoms with van der Waals surface area (Å²) in [6.45, 7) is 1.44. The fourth-order valence-electron chi connectivity index (χ4n) is 4.29. The van der Waals surface area contributed by atoms with Crippen LogP contribution in [0.4, 0.5) is 19.0 Å². The number of halogens is 4. The maximum absolute atomic E-state index is 11.6. The number of ether oxygens (including phenoxy) is 2. The van der Waals surface area contributed by atoms with Crippen LogP contribution in [0.15, 0.2) is 40.9 Å². The number of hydrogen-bond acceptors (Lipinski definition) is 7. The highest BCUT2D eigenvalue weighted by Crippen LogP contribution is 2.34. The number of hydrogen-bond donors (Lipinski definition) is 3. The number of aliphatic carboxylic acids is 2. The van der Waals surface area contributed by atoms with E-state index in [2.05, 4.69) is 38.5 Å². The van der Waals surface area contributed by atoms with Gasteiger partial charge in [0.25, 0.3) is 0 Å². The van der Waals surface area contributed by atoms with E-state index in [4.69, 9.17) is 24.4 Å². The molecule has 1 aromatic carbocycles. The summed E-state index contributed by atoms with van der Waals surface area (Å²) in [4.78, 5) is 25.2. The summed E-state index contributed by atoms with van der Waals surface area (Å²) in [7, 11) is 3.41. The van der Waals surface area contributed by atoms with Gasteiger partial charge in [-0.2, -0.15) is 18.3 Å². The van der Waals surface area contributed by atoms with Crippen LogP contribution in [0.5, 0.6) is 11.6 Å². The van der Waals surface area contributed by atoms with Crippen molar-refractivity contribution in [3.05, 3.63) is 63.4 Å². The number of aromatic nitrogens is 3. The Kier molecular flexibility index (Phi) is 11.0. The van der Waals surface area contributed by atoms with Crippen LogP contribution in [-0.4, -0.2) is 63.4 Å². The van der Waals surface area contributed by atoms with Crippen molar-refractivity contribution in [3.8, 4) is 11.6 Å². The summed E-state index contributed by atoms with van der Waals surface area (Å²) in [6.07, 6.45) is -1.77. The third kappa shape index (κ3) is 9.37. The Morgan fingerprint density at radius 1 is 1.17 bits per heavy atom. The number of benzene rings is 1. The normalized spacial score (nSPS) is 13.2. The standard InChI is InChI=1S/C25H29BrN4O4.C2HF3O2/c1-30-23(34-11-9-19-7-5-16-4-3-10-27-25(16)28-19)15-20(29-30)12-17(13-24(31)32)21-14-18(26)6-8-22(21)33-2;3-2(4,5)1(6)7/h5-8,14-15,17H,3-4,9-13H2,1-2H3,(H,27,28)(H,31,32);(H,6,7). The Bertz CT molecular complexity index is 1370. The molecular weight excluding hydrogens is 613 g/mol. The maximum atomic E-state index is 11.6. The lowest BCUT2D eigenvalue weighted by Crippen LogP contribution is -2.21. The zero-order valence-electron chi connectivity index (χ0n) is 22.4. The number of carbonyl (C=O) groups is 2. The number of fused-ring (bicyclic) bond motifs is 1. The molecule has 222 valence electrons. The number of aryl methyl sites for hydroxylation is 2. The van der Waals surface area contributed by atoms with Gasteiger partial charge < -0.3 is 25.0 Å². The number of carboxylic acid groups (broad SMARTS) is 2. The topological polar surface area (TPSA) is 136 Å². The second-order valence-electron chi connectivity index (χ2n) is 9.22. The molecule has 0 fully saturated rings. The summed E-state index contributed by atoms with van der Waals surface area (Å²) in [5, 5.41) is 24.6. The summed E-state index contributed by atoms with van der Waals surface area (Å²) in [5.74, 6) is -1.63. The molecule has 3 N–H and O–H groups in total. The van der Waals surface area contributed by atoms with Crippen molar-refractivity contribution in [1.29, 1.82) is 0 Å². The molecule has 1 aliphatic heterocycles. The van der Waals surface area contributed by atoms with Crippen molar-refractivity contribution >= 4 is 33.7 Å². The first-order valence-electron chi connectivity index (χ1n) is 12.6. The minimum absolute atomic E-state index is 0.0301. The van der Waals surface area contributed by atoms with E-state index >= 15 is 0 Å². The van der Waals surface area contributed by atoms with E-state index in [1.807, 2.05) is 31.3 Å². The molecule has 2 aromatic heterocycles. The summed E-state index contributed by atoms with van der Waals surface area (Å²) < 4.78 is 45.8. The largest absolute Gasteiger partial charge is 0.496 e. The van der Waals surface area contributed by atoms with E-state index in [0.717, 1.165) is 46.6 Å². The lowest BCUT2D eigenvalue weighted by atomic mass is 9.90. The first kappa shape index (κ1) is 31.7. The summed E-state index contributed by atoms with van der Waals surface area (Å²) >= 11 is 3.48. The van der Waals surface area contributed by atoms with E-state index in [0.29, 0.717) is 31.1 Å². The van der Waals surface area contributed by atoms with Gasteiger partial charge in [0.05, 0.1) is 25.8 Å². The molecule has 1 atom stereocenters. The first-order chi connectivity index (χ1) is 19.4. The Morgan fingerprint density at radius 3 is 2.56 bits per heavy atom. The lowest BCUT2D eigenvalue weighted by Gasteiger charge is -2.18. The minimum atomic E-state index is -5.08. The highest BCUT2D eigenvalue weighted by Gasteiger charge is 2.38. The molecule has 0 saturated carbocycles. The molecule has 41 heavy (non-hydrogen) atoms. The Balaban J connectivity index is 0.000000587. The van der Waals surface area contributed by atoms with E-state index < -0.39 is 18.1 Å². The van der Waals surface area contributed by atoms with Crippen LogP contribution < -0.4 is 14.8 Å². The van der Waals surface area contributed by atoms with Crippen LogP contribution in [0.25, 0.3) is 0 Å². The Hall–Kier alpha value is -3.81. The highest BCUT2D eigenvalue weighted by atomic mass is 79.9. The maximum Gasteiger partial charge on any atom is 0.490 e. The molecule has 3 aromatic rings. The van der Waals surface area contributed by atoms with Gasteiger partial charge in [0.15, 0.2) is 0 Å². The van der Waals surface area contributed by atoms with E-state index in [1.54, 1.807) is 11.8 Å². The fraction of sp³-hybridized carbons (Fsp3) is 0.407. The van der Waals surface area contributed by atoms with Gasteiger partial charge in [-0.05, 0) is 54.7 Å². The zero-order chi connectivity index (χ0) is 30.2. The first-order valence-corrected chi connectivity index (χ1v) is 13.4. The van der Waals surface area contributed by atoms with Crippen molar-refractivity contribution in [1.82, 2.24) is 14.8 Å². The quantitative estimate of drug-likeness (QED) is 0.279. The van der Waals surface area contributed by atoms with Gasteiger partial charge in [0.2, 0.25) is 5.88 Å². The minimum Gasteiger partial charge on any atom is -0.496 e. The molecule has 14 heteroatoms. The van der Waals surface area contributed by atoms with Gasteiger partial charge >= 0.3 is 18.1 Å². The monoisotopic (exact) mass is 642 g/mol. The number of nitrogens with zero attached hydrogens (tertiary/aromatic N) is 3. The van der Waals surface area contributed by atoms with Crippen LogP contribution >= 0.6 is 15.9 Å². The number of carboxylic acids is 2. The van der Waals surface area contributed by atoms with Crippen LogP contribution in [0, 0.1) is 0 Å². The number of pyridine rings is 1. The van der Waals surface area contributed by atoms with E-state index in [1.165, 1.54) is 5.56 Å². The zero-order valence-corrected chi connectivity index (χ0v) is 24.0. The second kappa shape index (κ2) is 14.2. The van der Waals surface area contributed by atoms with Gasteiger partial charge in [-0.25, -0.2) is 14.5 Å². The average Bonchev–Trinajstić information content (AvgIpc) is 3.26. The number of alkyl halides is 3. The molecule has 0 amide bonds. The number of methoxy groups -OCH3 is 1. The molecule has 0 spiro atoms. The fourth-order valence-corrected chi connectivity index (χ4v) is 4.67. The lowest BCUT2D eigenvalue weighted by molar-refractivity contribution is -0.192. The molecule has 0 aliphatic carbocycles. The summed E-state index contributed by atoms with van der Waals surface area (Å²) in [6, 6.07) is 11.7. The number of anilines is 1. The molecule has 3 heterocycles. The van der Waals surface area contributed by atoms with Gasteiger partial charge in [-0.1, -0.05) is 22.0 Å². The van der Waals surface area contributed by atoms with Gasteiger partial charge in [-0.15, -0.1) is 0 Å². The Morgan fingerprint density at radius 2 is 1.90 bits per heavy atom. The van der Waals surface area contributed by atoms with E-state index in [9.17, 15) is 23.1 Å². The molecule has 1 aliphatic rings. The smallest absolute Gasteiger partial charge is 0.490 e. The van der Waals surface area contributed by atoms with Crippen LogP contribution in [0.3, 0.4) is 0 Å². The van der Waals surface area contributed by atoms with Crippen LogP contribution in [0.1, 0.15) is 41.3 Å². The third-order valence-electron chi connectivity index (χ3n) is 6.20. The Labute approximate surface area is 242 Å². The van der Waals surface area contributed by atoms with Gasteiger partial charge in [0, 0.05) is 42.2 Å². The second-order valence-corrected chi connectivity index (χ2v) is 10.1. The van der Waals surface area contributed by atoms with Crippen molar-refractivity contribution in [2.75, 3.05) is 25.6 Å². The van der Waals surface area contributed by atoms with Crippen molar-refractivity contribution < 1.29 is 42.4 Å². The van der Waals surface area contributed by atoms with Crippen LogP contribution in [0.2, 0.25) is 0 Å². The molecule has 10 nitrogen and oxygen atoms in total. The predicted octanol–water partition coefficient (Wildman–Crippen LogP) is 5.00. The van der Waals surface area contributed by atoms with E-state index in [-0.39, 0.29) is 12.3 Å². The summed E-state index contributed by atoms with van der Waals surface area (Å²) in [5.41, 5.74) is 3.85. The molecule has 0 bridgehead atoms. The van der Waals surface area contributed by atoms with Crippen molar-refractivity contribution in [2.45, 2.75) is 44.2 Å². The average molecular weight is 643 g/mol. The number of rotatable bonds is 10. The molecule has 4 rings (SSSR count). The SMILES string of the molecule is COc1ccc(Br)cc1C(CC(=O)O)Cc1cc(OCCc2ccc3c(n2)NCCC3)n(C)n1.O=C(O)C(F)(F)F. The molecule has 0 saturated heterocycles. The highest BCUT2D eigenvalue weighted by molar-refractivity contribution is 9.10. The van der Waals surface area contributed by atoms with Crippen molar-refractivity contribution in [2.24, 2.45) is 7.05 Å². The molecular formula is C27H30BrF3N4O6. The van der Waals surface area contributed by atoms with Gasteiger partial charge in [0.1, 0.15) is 11.6 Å². The molecule has 0 radical (unpaired) electrons.